The van der Waals surface area contributed by atoms with E-state index in [0.717, 1.165) is 5.56 Å². The third-order valence-corrected chi connectivity index (χ3v) is 3.88. The molecule has 1 aliphatic rings. The zero-order valence-electron chi connectivity index (χ0n) is 12.4. The van der Waals surface area contributed by atoms with Crippen LogP contribution in [0.5, 0.6) is 0 Å². The van der Waals surface area contributed by atoms with Crippen molar-refractivity contribution in [3.8, 4) is 0 Å². The molecule has 0 radical (unpaired) electrons. The van der Waals surface area contributed by atoms with Crippen LogP contribution in [0, 0.1) is 5.92 Å². The number of benzene rings is 1. The Balaban J connectivity index is 1.77. The second-order valence-electron chi connectivity index (χ2n) is 5.59. The van der Waals surface area contributed by atoms with Gasteiger partial charge in [0, 0.05) is 25.6 Å². The number of carbonyl (C=O) groups is 2. The van der Waals surface area contributed by atoms with Gasteiger partial charge in [0.05, 0.1) is 6.04 Å². The Labute approximate surface area is 125 Å². The molecule has 5 heteroatoms. The van der Waals surface area contributed by atoms with Crippen LogP contribution in [0.4, 0.5) is 0 Å². The molecule has 5 nitrogen and oxygen atoms in total. The smallest absolute Gasteiger partial charge is 0.239 e. The van der Waals surface area contributed by atoms with Crippen LogP contribution < -0.4 is 11.1 Å². The van der Waals surface area contributed by atoms with E-state index in [4.69, 9.17) is 5.73 Å². The first kappa shape index (κ1) is 15.5. The lowest BCUT2D eigenvalue weighted by Gasteiger charge is -2.32. The summed E-state index contributed by atoms with van der Waals surface area (Å²) in [5.74, 6) is 0.0377. The van der Waals surface area contributed by atoms with Gasteiger partial charge < -0.3 is 16.0 Å². The van der Waals surface area contributed by atoms with Crippen LogP contribution in [0.3, 0.4) is 0 Å². The molecule has 1 aromatic carbocycles. The summed E-state index contributed by atoms with van der Waals surface area (Å²) in [5.41, 5.74) is 6.70. The largest absolute Gasteiger partial charge is 0.352 e. The minimum atomic E-state index is -0.464. The van der Waals surface area contributed by atoms with E-state index in [1.165, 1.54) is 0 Å². The number of piperidine rings is 1. The Morgan fingerprint density at radius 1 is 1.29 bits per heavy atom. The molecule has 21 heavy (non-hydrogen) atoms. The summed E-state index contributed by atoms with van der Waals surface area (Å²) >= 11 is 0. The number of nitrogens with zero attached hydrogens (tertiary/aromatic N) is 1. The molecule has 0 spiro atoms. The highest BCUT2D eigenvalue weighted by molar-refractivity contribution is 5.82. The molecule has 2 rings (SSSR count). The molecular formula is C16H23N3O2. The maximum Gasteiger partial charge on any atom is 0.239 e. The quantitative estimate of drug-likeness (QED) is 0.864. The second kappa shape index (κ2) is 7.22. The van der Waals surface area contributed by atoms with E-state index in [2.05, 4.69) is 5.32 Å². The Hall–Kier alpha value is -1.88. The fraction of sp³-hybridized carbons (Fsp3) is 0.500. The summed E-state index contributed by atoms with van der Waals surface area (Å²) in [4.78, 5) is 25.7. The Kier molecular flexibility index (Phi) is 5.33. The van der Waals surface area contributed by atoms with Gasteiger partial charge in [-0.25, -0.2) is 0 Å². The molecule has 0 bridgehead atoms. The number of hydrogen-bond acceptors (Lipinski definition) is 3. The van der Waals surface area contributed by atoms with Gasteiger partial charge in [-0.15, -0.1) is 0 Å². The van der Waals surface area contributed by atoms with Crippen LogP contribution >= 0.6 is 0 Å². The molecule has 0 aliphatic carbocycles. The van der Waals surface area contributed by atoms with Crippen molar-refractivity contribution in [3.05, 3.63) is 35.9 Å². The highest BCUT2D eigenvalue weighted by Crippen LogP contribution is 2.18. The molecule has 2 amide bonds. The molecule has 3 N–H and O–H groups in total. The molecule has 1 fully saturated rings. The summed E-state index contributed by atoms with van der Waals surface area (Å²) in [6.07, 6.45) is 1.41. The molecule has 1 aliphatic heterocycles. The van der Waals surface area contributed by atoms with Gasteiger partial charge in [0.2, 0.25) is 11.8 Å². The first-order valence-electron chi connectivity index (χ1n) is 7.44. The lowest BCUT2D eigenvalue weighted by atomic mass is 9.95. The van der Waals surface area contributed by atoms with Crippen molar-refractivity contribution in [2.45, 2.75) is 32.4 Å². The van der Waals surface area contributed by atoms with E-state index in [9.17, 15) is 9.59 Å². The third-order valence-electron chi connectivity index (χ3n) is 3.88. The number of nitrogens with two attached hydrogens (primary N) is 1. The normalized spacial score (nSPS) is 17.3. The standard InChI is InChI=1S/C16H23N3O2/c1-12(17)16(21)19-9-7-14(8-10-19)15(20)18-11-13-5-3-2-4-6-13/h2-6,12,14H,7-11,17H2,1H3,(H,18,20)/t12-/m1/s1. The molecule has 0 saturated carbocycles. The number of nitrogens with one attached hydrogen (secondary N) is 1. The average molecular weight is 289 g/mol. The van der Waals surface area contributed by atoms with Gasteiger partial charge in [0.1, 0.15) is 0 Å². The van der Waals surface area contributed by atoms with E-state index in [-0.39, 0.29) is 17.7 Å². The maximum atomic E-state index is 12.1. The number of carbonyl (C=O) groups excluding carboxylic acids is 2. The van der Waals surface area contributed by atoms with Crippen LogP contribution in [-0.4, -0.2) is 35.8 Å². The first-order chi connectivity index (χ1) is 10.1. The number of rotatable bonds is 4. The zero-order chi connectivity index (χ0) is 15.2. The lowest BCUT2D eigenvalue weighted by Crippen LogP contribution is -2.47. The zero-order valence-corrected chi connectivity index (χ0v) is 12.4. The summed E-state index contributed by atoms with van der Waals surface area (Å²) in [7, 11) is 0. The molecule has 0 unspecified atom stereocenters. The predicted octanol–water partition coefficient (Wildman–Crippen LogP) is 0.889. The van der Waals surface area contributed by atoms with Gasteiger partial charge in [-0.2, -0.15) is 0 Å². The molecule has 114 valence electrons. The van der Waals surface area contributed by atoms with Gasteiger partial charge >= 0.3 is 0 Å². The highest BCUT2D eigenvalue weighted by atomic mass is 16.2. The lowest BCUT2D eigenvalue weighted by molar-refractivity contribution is -0.136. The van der Waals surface area contributed by atoms with Gasteiger partial charge in [-0.1, -0.05) is 30.3 Å². The van der Waals surface area contributed by atoms with E-state index in [1.807, 2.05) is 30.3 Å². The molecule has 1 saturated heterocycles. The fourth-order valence-electron chi connectivity index (χ4n) is 2.58. The maximum absolute atomic E-state index is 12.1. The Morgan fingerprint density at radius 2 is 1.90 bits per heavy atom. The third kappa shape index (κ3) is 4.29. The molecule has 0 aromatic heterocycles. The number of likely N-dealkylation sites (tertiary alicyclic amines) is 1. The van der Waals surface area contributed by atoms with Crippen molar-refractivity contribution in [2.75, 3.05) is 13.1 Å². The van der Waals surface area contributed by atoms with Crippen LogP contribution in [-0.2, 0) is 16.1 Å². The van der Waals surface area contributed by atoms with E-state index in [0.29, 0.717) is 32.5 Å². The molecule has 1 aromatic rings. The van der Waals surface area contributed by atoms with Crippen LogP contribution in [0.25, 0.3) is 0 Å². The number of hydrogen-bond donors (Lipinski definition) is 2. The minimum absolute atomic E-state index is 0.00848. The summed E-state index contributed by atoms with van der Waals surface area (Å²) < 4.78 is 0. The summed E-state index contributed by atoms with van der Waals surface area (Å²) in [6, 6.07) is 9.39. The Bertz CT molecular complexity index is 480. The fourth-order valence-corrected chi connectivity index (χ4v) is 2.58. The van der Waals surface area contributed by atoms with Gasteiger partial charge in [-0.3, -0.25) is 9.59 Å². The monoisotopic (exact) mass is 289 g/mol. The van der Waals surface area contributed by atoms with E-state index in [1.54, 1.807) is 11.8 Å². The second-order valence-corrected chi connectivity index (χ2v) is 5.59. The van der Waals surface area contributed by atoms with Crippen LogP contribution in [0.1, 0.15) is 25.3 Å². The van der Waals surface area contributed by atoms with Crippen molar-refractivity contribution in [3.63, 3.8) is 0 Å². The molecule has 1 atom stereocenters. The first-order valence-corrected chi connectivity index (χ1v) is 7.44. The average Bonchev–Trinajstić information content (AvgIpc) is 2.53. The van der Waals surface area contributed by atoms with Crippen molar-refractivity contribution < 1.29 is 9.59 Å². The summed E-state index contributed by atoms with van der Waals surface area (Å²) in [6.45, 7) is 3.48. The van der Waals surface area contributed by atoms with Gasteiger partial charge in [-0.05, 0) is 25.3 Å². The van der Waals surface area contributed by atoms with Crippen molar-refractivity contribution in [2.24, 2.45) is 11.7 Å². The predicted molar refractivity (Wildman–Crippen MR) is 81.2 cm³/mol. The van der Waals surface area contributed by atoms with Gasteiger partial charge in [0.15, 0.2) is 0 Å². The van der Waals surface area contributed by atoms with Crippen molar-refractivity contribution in [1.82, 2.24) is 10.2 Å². The minimum Gasteiger partial charge on any atom is -0.352 e. The molecular weight excluding hydrogens is 266 g/mol. The van der Waals surface area contributed by atoms with Crippen LogP contribution in [0.2, 0.25) is 0 Å². The Morgan fingerprint density at radius 3 is 2.48 bits per heavy atom. The van der Waals surface area contributed by atoms with Crippen molar-refractivity contribution in [1.29, 1.82) is 0 Å². The van der Waals surface area contributed by atoms with Gasteiger partial charge in [0.25, 0.3) is 0 Å². The topological polar surface area (TPSA) is 75.4 Å². The highest BCUT2D eigenvalue weighted by Gasteiger charge is 2.28. The van der Waals surface area contributed by atoms with Crippen molar-refractivity contribution >= 4 is 11.8 Å². The van der Waals surface area contributed by atoms with E-state index < -0.39 is 6.04 Å². The number of amides is 2. The summed E-state index contributed by atoms with van der Waals surface area (Å²) in [5, 5.41) is 2.97. The van der Waals surface area contributed by atoms with Crippen LogP contribution in [0.15, 0.2) is 30.3 Å². The molecule has 1 heterocycles. The van der Waals surface area contributed by atoms with E-state index >= 15 is 0 Å². The SMILES string of the molecule is C[C@@H](N)C(=O)N1CCC(C(=O)NCc2ccccc2)CC1.